The van der Waals surface area contributed by atoms with Gasteiger partial charge in [0.1, 0.15) is 0 Å². The second kappa shape index (κ2) is 7.38. The molecule has 4 rings (SSSR count). The third kappa shape index (κ3) is 4.24. The van der Waals surface area contributed by atoms with Gasteiger partial charge in [-0.15, -0.1) is 0 Å². The van der Waals surface area contributed by atoms with E-state index in [0.29, 0.717) is 12.1 Å². The second-order valence-electron chi connectivity index (χ2n) is 10.6. The molecule has 3 fully saturated rings. The van der Waals surface area contributed by atoms with E-state index < -0.39 is 10.0 Å². The molecule has 2 atom stereocenters. The van der Waals surface area contributed by atoms with Crippen LogP contribution < -0.4 is 5.32 Å². The van der Waals surface area contributed by atoms with E-state index in [4.69, 9.17) is 0 Å². The predicted molar refractivity (Wildman–Crippen MR) is 114 cm³/mol. The van der Waals surface area contributed by atoms with Crippen LogP contribution in [0.2, 0.25) is 0 Å². The maximum Gasteiger partial charge on any atom is 0.251 e. The summed E-state index contributed by atoms with van der Waals surface area (Å²) in [6, 6.07) is 6.84. The van der Waals surface area contributed by atoms with Gasteiger partial charge in [-0.25, -0.2) is 8.42 Å². The summed E-state index contributed by atoms with van der Waals surface area (Å²) in [5, 5.41) is 3.09. The molecule has 1 amide bonds. The van der Waals surface area contributed by atoms with Gasteiger partial charge in [0.25, 0.3) is 5.91 Å². The lowest BCUT2D eigenvalue weighted by atomic mass is 9.65. The van der Waals surface area contributed by atoms with Crippen molar-refractivity contribution in [2.45, 2.75) is 89.1 Å². The molecule has 1 aromatic carbocycles. The molecular formula is C23H34N2O3S. The molecule has 160 valence electrons. The second-order valence-corrected chi connectivity index (χ2v) is 12.5. The van der Waals surface area contributed by atoms with Gasteiger partial charge in [-0.3, -0.25) is 4.79 Å². The van der Waals surface area contributed by atoms with Crippen LogP contribution in [0.1, 0.15) is 82.5 Å². The van der Waals surface area contributed by atoms with Crippen molar-refractivity contribution in [2.75, 3.05) is 6.54 Å². The lowest BCUT2D eigenvalue weighted by Gasteiger charge is -2.39. The van der Waals surface area contributed by atoms with Crippen molar-refractivity contribution in [3.05, 3.63) is 29.8 Å². The average Bonchev–Trinajstić information content (AvgIpc) is 2.92. The van der Waals surface area contributed by atoms with E-state index in [9.17, 15) is 13.2 Å². The molecule has 2 saturated carbocycles. The third-order valence-electron chi connectivity index (χ3n) is 7.01. The lowest BCUT2D eigenvalue weighted by Crippen LogP contribution is -2.38. The first-order valence-electron chi connectivity index (χ1n) is 11.0. The molecule has 29 heavy (non-hydrogen) atoms. The molecule has 2 aliphatic carbocycles. The van der Waals surface area contributed by atoms with E-state index in [1.54, 1.807) is 28.6 Å². The monoisotopic (exact) mass is 418 g/mol. The van der Waals surface area contributed by atoms with Crippen LogP contribution in [0.25, 0.3) is 0 Å². The van der Waals surface area contributed by atoms with Crippen molar-refractivity contribution in [3.63, 3.8) is 0 Å². The first kappa shape index (κ1) is 20.9. The molecule has 1 aliphatic heterocycles. The first-order valence-corrected chi connectivity index (χ1v) is 12.4. The quantitative estimate of drug-likeness (QED) is 0.791. The Morgan fingerprint density at radius 3 is 2.55 bits per heavy atom. The van der Waals surface area contributed by atoms with Crippen molar-refractivity contribution >= 4 is 15.9 Å². The average molecular weight is 419 g/mol. The van der Waals surface area contributed by atoms with Crippen LogP contribution >= 0.6 is 0 Å². The topological polar surface area (TPSA) is 66.5 Å². The summed E-state index contributed by atoms with van der Waals surface area (Å²) < 4.78 is 28.7. The highest BCUT2D eigenvalue weighted by atomic mass is 32.2. The van der Waals surface area contributed by atoms with Crippen LogP contribution in [0.5, 0.6) is 0 Å². The molecule has 5 nitrogen and oxygen atoms in total. The van der Waals surface area contributed by atoms with Crippen LogP contribution in [0.3, 0.4) is 0 Å². The molecule has 1 aromatic rings. The maximum absolute atomic E-state index is 13.5. The standard InChI is InChI=1S/C23H34N2O3S/c1-22(2)13-19-14-23(3,15-22)16-25(19)29(27,28)20-11-7-8-17(12-20)21(26)24-18-9-5-4-6-10-18/h7-8,11-12,18-19H,4-6,9-10,13-16H2,1-3H3,(H,24,26)/t19-,23-/m1/s1. The minimum Gasteiger partial charge on any atom is -0.349 e. The molecule has 1 N–H and O–H groups in total. The molecule has 1 heterocycles. The number of carbonyl (C=O) groups excluding carboxylic acids is 1. The summed E-state index contributed by atoms with van der Waals surface area (Å²) >= 11 is 0. The number of sulfonamides is 1. The smallest absolute Gasteiger partial charge is 0.251 e. The number of amides is 1. The van der Waals surface area contributed by atoms with E-state index in [-0.39, 0.29) is 33.7 Å². The highest BCUT2D eigenvalue weighted by Crippen LogP contribution is 2.53. The fourth-order valence-electron chi connectivity index (χ4n) is 6.14. The predicted octanol–water partition coefficient (Wildman–Crippen LogP) is 4.34. The van der Waals surface area contributed by atoms with Gasteiger partial charge in [0.15, 0.2) is 0 Å². The summed E-state index contributed by atoms with van der Waals surface area (Å²) in [5.41, 5.74) is 0.629. The normalized spacial score (nSPS) is 30.2. The Bertz CT molecular complexity index is 889. The number of nitrogens with one attached hydrogen (secondary N) is 1. The number of hydrogen-bond donors (Lipinski definition) is 1. The highest BCUT2D eigenvalue weighted by Gasteiger charge is 2.53. The molecule has 0 unspecified atom stereocenters. The van der Waals surface area contributed by atoms with Crippen molar-refractivity contribution in [1.82, 2.24) is 9.62 Å². The summed E-state index contributed by atoms with van der Waals surface area (Å²) in [5.74, 6) is -0.165. The Morgan fingerprint density at radius 2 is 1.83 bits per heavy atom. The van der Waals surface area contributed by atoms with E-state index >= 15 is 0 Å². The first-order chi connectivity index (χ1) is 13.6. The fourth-order valence-corrected chi connectivity index (χ4v) is 7.96. The zero-order chi connectivity index (χ0) is 20.9. The Balaban J connectivity index is 1.55. The zero-order valence-corrected chi connectivity index (χ0v) is 18.7. The molecule has 0 radical (unpaired) electrons. The van der Waals surface area contributed by atoms with Crippen molar-refractivity contribution < 1.29 is 13.2 Å². The van der Waals surface area contributed by atoms with E-state index in [2.05, 4.69) is 26.1 Å². The minimum atomic E-state index is -3.62. The largest absolute Gasteiger partial charge is 0.349 e. The Morgan fingerprint density at radius 1 is 1.10 bits per heavy atom. The molecule has 6 heteroatoms. The van der Waals surface area contributed by atoms with Crippen LogP contribution in [-0.2, 0) is 10.0 Å². The molecule has 3 aliphatic rings. The number of benzene rings is 1. The highest BCUT2D eigenvalue weighted by molar-refractivity contribution is 7.89. The van der Waals surface area contributed by atoms with E-state index in [1.807, 2.05) is 0 Å². The Hall–Kier alpha value is -1.40. The molecule has 0 spiro atoms. The van der Waals surface area contributed by atoms with Gasteiger partial charge < -0.3 is 5.32 Å². The van der Waals surface area contributed by atoms with Crippen molar-refractivity contribution in [3.8, 4) is 0 Å². The van der Waals surface area contributed by atoms with Gasteiger partial charge >= 0.3 is 0 Å². The van der Waals surface area contributed by atoms with Crippen LogP contribution in [0.15, 0.2) is 29.2 Å². The Kier molecular flexibility index (Phi) is 5.31. The number of hydrogen-bond acceptors (Lipinski definition) is 3. The number of nitrogens with zero attached hydrogens (tertiary/aromatic N) is 1. The van der Waals surface area contributed by atoms with Crippen LogP contribution in [-0.4, -0.2) is 37.3 Å². The molecular weight excluding hydrogens is 384 g/mol. The van der Waals surface area contributed by atoms with E-state index in [0.717, 1.165) is 44.9 Å². The number of rotatable bonds is 4. The fraction of sp³-hybridized carbons (Fsp3) is 0.696. The van der Waals surface area contributed by atoms with Gasteiger partial charge in [-0.1, -0.05) is 46.1 Å². The summed E-state index contributed by atoms with van der Waals surface area (Å²) in [4.78, 5) is 13.0. The Labute approximate surface area is 175 Å². The van der Waals surface area contributed by atoms with Gasteiger partial charge in [-0.05, 0) is 61.1 Å². The lowest BCUT2D eigenvalue weighted by molar-refractivity contribution is 0.0927. The zero-order valence-electron chi connectivity index (χ0n) is 17.9. The summed E-state index contributed by atoms with van der Waals surface area (Å²) in [6.07, 6.45) is 8.40. The minimum absolute atomic E-state index is 0.0372. The SMILES string of the molecule is CC1(C)C[C@@H]2C[C@@](C)(CN2S(=O)(=O)c2cccc(C(=O)NC3CCCCC3)c2)C1. The summed E-state index contributed by atoms with van der Waals surface area (Å²) in [7, 11) is -3.62. The van der Waals surface area contributed by atoms with Gasteiger partial charge in [-0.2, -0.15) is 4.31 Å². The molecule has 0 aromatic heterocycles. The van der Waals surface area contributed by atoms with Crippen LogP contribution in [0.4, 0.5) is 0 Å². The van der Waals surface area contributed by atoms with Gasteiger partial charge in [0.2, 0.25) is 10.0 Å². The van der Waals surface area contributed by atoms with Gasteiger partial charge in [0.05, 0.1) is 4.90 Å². The van der Waals surface area contributed by atoms with Gasteiger partial charge in [0, 0.05) is 24.2 Å². The van der Waals surface area contributed by atoms with Crippen LogP contribution in [0, 0.1) is 10.8 Å². The molecule has 2 bridgehead atoms. The molecule has 1 saturated heterocycles. The van der Waals surface area contributed by atoms with Crippen molar-refractivity contribution in [2.24, 2.45) is 10.8 Å². The number of carbonyl (C=O) groups is 1. The van der Waals surface area contributed by atoms with Crippen molar-refractivity contribution in [1.29, 1.82) is 0 Å². The number of fused-ring (bicyclic) bond motifs is 2. The summed E-state index contributed by atoms with van der Waals surface area (Å²) in [6.45, 7) is 7.26. The van der Waals surface area contributed by atoms with E-state index in [1.165, 1.54) is 6.42 Å². The maximum atomic E-state index is 13.5. The third-order valence-corrected chi connectivity index (χ3v) is 8.90.